The van der Waals surface area contributed by atoms with Crippen molar-refractivity contribution >= 4 is 7.82 Å². The third-order valence-electron chi connectivity index (χ3n) is 2.95. The number of rotatable bonds is 1. The topological polar surface area (TPSA) is 81.8 Å². The SMILES string of the molecule is C[C@@H]1CCCOP(=O)(O)OCC[C@@H](CN)C1. The van der Waals surface area contributed by atoms with Gasteiger partial charge in [-0.3, -0.25) is 9.05 Å². The maximum Gasteiger partial charge on any atom is 0.472 e. The minimum Gasteiger partial charge on any atom is -0.330 e. The fourth-order valence-corrected chi connectivity index (χ4v) is 2.77. The highest BCUT2D eigenvalue weighted by Gasteiger charge is 2.23. The van der Waals surface area contributed by atoms with Gasteiger partial charge in [-0.2, -0.15) is 0 Å². The Morgan fingerprint density at radius 1 is 1.38 bits per heavy atom. The van der Waals surface area contributed by atoms with E-state index in [0.29, 0.717) is 18.4 Å². The highest BCUT2D eigenvalue weighted by Crippen LogP contribution is 2.44. The predicted molar refractivity (Wildman–Crippen MR) is 61.9 cm³/mol. The Kier molecular flexibility index (Phi) is 5.94. The van der Waals surface area contributed by atoms with Crippen molar-refractivity contribution in [1.29, 1.82) is 0 Å². The van der Waals surface area contributed by atoms with Crippen LogP contribution in [-0.2, 0) is 13.6 Å². The van der Waals surface area contributed by atoms with Crippen molar-refractivity contribution in [1.82, 2.24) is 0 Å². The molecule has 0 aromatic carbocycles. The molecule has 0 amide bonds. The van der Waals surface area contributed by atoms with Gasteiger partial charge in [0.15, 0.2) is 0 Å². The van der Waals surface area contributed by atoms with Crippen molar-refractivity contribution in [3.05, 3.63) is 0 Å². The summed E-state index contributed by atoms with van der Waals surface area (Å²) < 4.78 is 21.0. The summed E-state index contributed by atoms with van der Waals surface area (Å²) in [6, 6.07) is 0. The first kappa shape index (κ1) is 14.1. The molecular weight excluding hydrogens is 229 g/mol. The Hall–Kier alpha value is 0.0700. The monoisotopic (exact) mass is 251 g/mol. The van der Waals surface area contributed by atoms with Crippen LogP contribution >= 0.6 is 7.82 Å². The Morgan fingerprint density at radius 3 is 2.75 bits per heavy atom. The summed E-state index contributed by atoms with van der Waals surface area (Å²) in [5, 5.41) is 0. The van der Waals surface area contributed by atoms with Crippen molar-refractivity contribution < 1.29 is 18.5 Å². The zero-order valence-corrected chi connectivity index (χ0v) is 10.7. The lowest BCUT2D eigenvalue weighted by atomic mass is 9.91. The second kappa shape index (κ2) is 6.72. The van der Waals surface area contributed by atoms with Crippen LogP contribution in [0.25, 0.3) is 0 Å². The molecule has 1 heterocycles. The van der Waals surface area contributed by atoms with Gasteiger partial charge in [-0.05, 0) is 44.1 Å². The molecule has 1 saturated heterocycles. The van der Waals surface area contributed by atoms with Gasteiger partial charge < -0.3 is 10.6 Å². The summed E-state index contributed by atoms with van der Waals surface area (Å²) in [5.41, 5.74) is 5.66. The van der Waals surface area contributed by atoms with Crippen LogP contribution in [0.2, 0.25) is 0 Å². The molecular formula is C10H22NO4P. The van der Waals surface area contributed by atoms with Crippen LogP contribution in [0.15, 0.2) is 0 Å². The molecule has 1 aliphatic rings. The second-order valence-electron chi connectivity index (χ2n) is 4.51. The number of hydrogen-bond donors (Lipinski definition) is 2. The first-order valence-corrected chi connectivity index (χ1v) is 7.35. The van der Waals surface area contributed by atoms with Gasteiger partial charge in [-0.15, -0.1) is 0 Å². The summed E-state index contributed by atoms with van der Waals surface area (Å²) in [7, 11) is -3.82. The molecule has 0 aromatic rings. The molecule has 1 aliphatic heterocycles. The van der Waals surface area contributed by atoms with Crippen LogP contribution < -0.4 is 5.73 Å². The van der Waals surface area contributed by atoms with E-state index in [-0.39, 0.29) is 13.2 Å². The average Bonchev–Trinajstić information content (AvgIpc) is 2.24. The van der Waals surface area contributed by atoms with E-state index in [1.165, 1.54) is 0 Å². The third kappa shape index (κ3) is 5.41. The van der Waals surface area contributed by atoms with E-state index >= 15 is 0 Å². The van der Waals surface area contributed by atoms with E-state index < -0.39 is 7.82 Å². The van der Waals surface area contributed by atoms with Crippen molar-refractivity contribution in [3.63, 3.8) is 0 Å². The van der Waals surface area contributed by atoms with E-state index in [0.717, 1.165) is 25.7 Å². The van der Waals surface area contributed by atoms with Crippen LogP contribution in [0.1, 0.15) is 32.6 Å². The van der Waals surface area contributed by atoms with Gasteiger partial charge in [0, 0.05) is 0 Å². The molecule has 0 saturated carbocycles. The molecule has 5 nitrogen and oxygen atoms in total. The first-order chi connectivity index (χ1) is 7.53. The van der Waals surface area contributed by atoms with Gasteiger partial charge >= 0.3 is 7.82 Å². The summed E-state index contributed by atoms with van der Waals surface area (Å²) in [4.78, 5) is 9.29. The molecule has 1 unspecified atom stereocenters. The molecule has 0 spiro atoms. The molecule has 0 bridgehead atoms. The van der Waals surface area contributed by atoms with Crippen molar-refractivity contribution in [2.24, 2.45) is 17.6 Å². The largest absolute Gasteiger partial charge is 0.472 e. The first-order valence-electron chi connectivity index (χ1n) is 5.85. The van der Waals surface area contributed by atoms with Gasteiger partial charge in [0.25, 0.3) is 0 Å². The predicted octanol–water partition coefficient (Wildman–Crippen LogP) is 1.91. The second-order valence-corrected chi connectivity index (χ2v) is 5.96. The molecule has 0 aromatic heterocycles. The Morgan fingerprint density at radius 2 is 2.06 bits per heavy atom. The zero-order valence-electron chi connectivity index (χ0n) is 9.80. The van der Waals surface area contributed by atoms with Crippen LogP contribution in [0, 0.1) is 11.8 Å². The average molecular weight is 251 g/mol. The van der Waals surface area contributed by atoms with E-state index in [2.05, 4.69) is 6.92 Å². The lowest BCUT2D eigenvalue weighted by Gasteiger charge is -2.18. The maximum atomic E-state index is 11.3. The normalized spacial score (nSPS) is 38.9. The Balaban J connectivity index is 2.52. The molecule has 16 heavy (non-hydrogen) atoms. The Labute approximate surface area is 96.9 Å². The summed E-state index contributed by atoms with van der Waals surface area (Å²) in [5.74, 6) is 0.946. The summed E-state index contributed by atoms with van der Waals surface area (Å²) >= 11 is 0. The lowest BCUT2D eigenvalue weighted by Crippen LogP contribution is -2.18. The molecule has 0 aliphatic carbocycles. The fraction of sp³-hybridized carbons (Fsp3) is 1.00. The van der Waals surface area contributed by atoms with E-state index in [1.807, 2.05) is 0 Å². The minimum absolute atomic E-state index is 0.238. The van der Waals surface area contributed by atoms with Crippen molar-refractivity contribution in [2.75, 3.05) is 19.8 Å². The molecule has 6 heteroatoms. The lowest BCUT2D eigenvalue weighted by molar-refractivity contribution is 0.143. The van der Waals surface area contributed by atoms with E-state index in [1.54, 1.807) is 0 Å². The summed E-state index contributed by atoms with van der Waals surface area (Å²) in [6.07, 6.45) is 3.55. The Bertz CT molecular complexity index is 249. The van der Waals surface area contributed by atoms with Gasteiger partial charge in [-0.25, -0.2) is 4.57 Å². The number of phosphoric acid groups is 1. The third-order valence-corrected chi connectivity index (χ3v) is 3.96. The minimum atomic E-state index is -3.82. The number of hydrogen-bond acceptors (Lipinski definition) is 4. The standard InChI is InChI=1S/C10H22NO4P/c1-9-3-2-5-14-16(12,13)15-6-4-10(7-9)8-11/h9-10H,2-8,11H2,1H3,(H,12,13)/t9-,10-/m1/s1. The fourth-order valence-electron chi connectivity index (χ4n) is 2.00. The van der Waals surface area contributed by atoms with Gasteiger partial charge in [0.05, 0.1) is 13.2 Å². The smallest absolute Gasteiger partial charge is 0.330 e. The van der Waals surface area contributed by atoms with Crippen LogP contribution in [0.4, 0.5) is 0 Å². The van der Waals surface area contributed by atoms with E-state index in [9.17, 15) is 9.46 Å². The number of nitrogens with two attached hydrogens (primary N) is 1. The molecule has 3 atom stereocenters. The molecule has 1 fully saturated rings. The summed E-state index contributed by atoms with van der Waals surface area (Å²) in [6.45, 7) is 3.30. The molecule has 0 radical (unpaired) electrons. The molecule has 3 N–H and O–H groups in total. The highest BCUT2D eigenvalue weighted by atomic mass is 31.2. The van der Waals surface area contributed by atoms with E-state index in [4.69, 9.17) is 14.8 Å². The van der Waals surface area contributed by atoms with Gasteiger partial charge in [0.1, 0.15) is 0 Å². The van der Waals surface area contributed by atoms with Crippen molar-refractivity contribution in [3.8, 4) is 0 Å². The maximum absolute atomic E-state index is 11.3. The highest BCUT2D eigenvalue weighted by molar-refractivity contribution is 7.47. The quantitative estimate of drug-likeness (QED) is 0.695. The van der Waals surface area contributed by atoms with Crippen molar-refractivity contribution in [2.45, 2.75) is 32.6 Å². The van der Waals surface area contributed by atoms with Crippen LogP contribution in [0.5, 0.6) is 0 Å². The zero-order chi connectivity index (χ0) is 12.0. The number of phosphoric ester groups is 1. The van der Waals surface area contributed by atoms with Crippen LogP contribution in [-0.4, -0.2) is 24.7 Å². The molecule has 96 valence electrons. The van der Waals surface area contributed by atoms with Gasteiger partial charge in [-0.1, -0.05) is 6.92 Å². The van der Waals surface area contributed by atoms with Gasteiger partial charge in [0.2, 0.25) is 0 Å². The van der Waals surface area contributed by atoms with Crippen LogP contribution in [0.3, 0.4) is 0 Å². The molecule has 1 rings (SSSR count).